The second-order valence-electron chi connectivity index (χ2n) is 8.52. The standard InChI is InChI=1S/C26H24ClFN4O3S/c1-34-21-13-20-17(25(31-15-30-20)32-19-7-2-6-18(27)24(19)28)12-22(21)35-26(8-4-9-29-14-26)23(33)11-16-5-3-10-36-16/h2-3,5-7,10,12-13,15,29H,4,8-9,11,14H2,1H3,(H,30,31,32)/t26-/m1/s1. The molecule has 0 amide bonds. The molecular weight excluding hydrogens is 503 g/mol. The lowest BCUT2D eigenvalue weighted by atomic mass is 9.87. The number of ketones is 1. The fraction of sp³-hybridized carbons (Fsp3) is 0.269. The number of halogens is 2. The van der Waals surface area contributed by atoms with Gasteiger partial charge in [-0.3, -0.25) is 4.79 Å². The maximum Gasteiger partial charge on any atom is 0.182 e. The maximum atomic E-state index is 14.6. The average molecular weight is 527 g/mol. The van der Waals surface area contributed by atoms with Crippen molar-refractivity contribution in [1.29, 1.82) is 0 Å². The van der Waals surface area contributed by atoms with Gasteiger partial charge in [0.2, 0.25) is 0 Å². The largest absolute Gasteiger partial charge is 0.493 e. The number of piperidine rings is 1. The Morgan fingerprint density at radius 3 is 2.89 bits per heavy atom. The van der Waals surface area contributed by atoms with Gasteiger partial charge in [0.25, 0.3) is 0 Å². The molecule has 0 bridgehead atoms. The van der Waals surface area contributed by atoms with Crippen LogP contribution >= 0.6 is 22.9 Å². The lowest BCUT2D eigenvalue weighted by Gasteiger charge is -2.37. The minimum Gasteiger partial charge on any atom is -0.493 e. The molecule has 0 aliphatic carbocycles. The van der Waals surface area contributed by atoms with E-state index >= 15 is 0 Å². The molecular formula is C26H24ClFN4O3S. The van der Waals surface area contributed by atoms with E-state index in [1.165, 1.54) is 19.5 Å². The van der Waals surface area contributed by atoms with Gasteiger partial charge in [0.15, 0.2) is 28.7 Å². The number of nitrogens with zero attached hydrogens (tertiary/aromatic N) is 2. The molecule has 1 atom stereocenters. The van der Waals surface area contributed by atoms with Crippen molar-refractivity contribution in [3.8, 4) is 11.5 Å². The smallest absolute Gasteiger partial charge is 0.182 e. The quantitative estimate of drug-likeness (QED) is 0.311. The molecule has 1 aliphatic heterocycles. The lowest BCUT2D eigenvalue weighted by molar-refractivity contribution is -0.135. The van der Waals surface area contributed by atoms with Crippen LogP contribution in [0.3, 0.4) is 0 Å². The van der Waals surface area contributed by atoms with Gasteiger partial charge in [-0.1, -0.05) is 23.7 Å². The zero-order valence-electron chi connectivity index (χ0n) is 19.5. The number of fused-ring (bicyclic) bond motifs is 1. The number of ether oxygens (including phenoxy) is 2. The molecule has 0 spiro atoms. The average Bonchev–Trinajstić information content (AvgIpc) is 3.40. The molecule has 2 N–H and O–H groups in total. The Morgan fingerprint density at radius 2 is 2.14 bits per heavy atom. The number of anilines is 2. The maximum absolute atomic E-state index is 14.6. The summed E-state index contributed by atoms with van der Waals surface area (Å²) in [4.78, 5) is 23.2. The van der Waals surface area contributed by atoms with Crippen LogP contribution in [0.25, 0.3) is 10.9 Å². The molecule has 0 saturated carbocycles. The summed E-state index contributed by atoms with van der Waals surface area (Å²) in [6.07, 6.45) is 3.05. The van der Waals surface area contributed by atoms with E-state index in [-0.39, 0.29) is 16.5 Å². The number of benzene rings is 2. The first-order valence-electron chi connectivity index (χ1n) is 11.5. The third kappa shape index (κ3) is 4.86. The van der Waals surface area contributed by atoms with Gasteiger partial charge < -0.3 is 20.1 Å². The van der Waals surface area contributed by atoms with Gasteiger partial charge in [0, 0.05) is 29.3 Å². The number of hydrogen-bond acceptors (Lipinski definition) is 8. The zero-order valence-corrected chi connectivity index (χ0v) is 21.1. The summed E-state index contributed by atoms with van der Waals surface area (Å²) in [5, 5.41) is 8.85. The minimum atomic E-state index is -1.05. The highest BCUT2D eigenvalue weighted by Crippen LogP contribution is 2.39. The second kappa shape index (κ2) is 10.4. The van der Waals surface area contributed by atoms with E-state index in [2.05, 4.69) is 20.6 Å². The SMILES string of the molecule is COc1cc2ncnc(Nc3cccc(Cl)c3F)c2cc1O[C@]1(C(=O)Cc2cccs2)CCCNC1. The van der Waals surface area contributed by atoms with Crippen LogP contribution in [-0.2, 0) is 11.2 Å². The molecule has 1 saturated heterocycles. The van der Waals surface area contributed by atoms with Gasteiger partial charge in [0.1, 0.15) is 12.1 Å². The Hall–Kier alpha value is -3.27. The van der Waals surface area contributed by atoms with E-state index in [1.54, 1.807) is 35.6 Å². The summed E-state index contributed by atoms with van der Waals surface area (Å²) < 4.78 is 26.7. The van der Waals surface area contributed by atoms with E-state index in [9.17, 15) is 9.18 Å². The fourth-order valence-electron chi connectivity index (χ4n) is 4.33. The van der Waals surface area contributed by atoms with E-state index in [1.807, 2.05) is 17.5 Å². The van der Waals surface area contributed by atoms with Crippen molar-refractivity contribution in [1.82, 2.24) is 15.3 Å². The van der Waals surface area contributed by atoms with Gasteiger partial charge in [-0.25, -0.2) is 14.4 Å². The highest BCUT2D eigenvalue weighted by atomic mass is 35.5. The van der Waals surface area contributed by atoms with E-state index in [4.69, 9.17) is 21.1 Å². The highest BCUT2D eigenvalue weighted by Gasteiger charge is 2.42. The van der Waals surface area contributed by atoms with Crippen molar-refractivity contribution in [2.45, 2.75) is 24.9 Å². The summed E-state index contributed by atoms with van der Waals surface area (Å²) in [5.41, 5.74) is -0.300. The zero-order chi connectivity index (χ0) is 25.1. The highest BCUT2D eigenvalue weighted by molar-refractivity contribution is 7.10. The summed E-state index contributed by atoms with van der Waals surface area (Å²) >= 11 is 7.49. The second-order valence-corrected chi connectivity index (χ2v) is 9.96. The summed E-state index contributed by atoms with van der Waals surface area (Å²) in [5.74, 6) is 0.618. The predicted octanol–water partition coefficient (Wildman–Crippen LogP) is 5.55. The van der Waals surface area contributed by atoms with Crippen molar-refractivity contribution in [2.75, 3.05) is 25.5 Å². The molecule has 2 aromatic heterocycles. The third-order valence-electron chi connectivity index (χ3n) is 6.20. The number of rotatable bonds is 8. The minimum absolute atomic E-state index is 0.0000432. The summed E-state index contributed by atoms with van der Waals surface area (Å²) in [7, 11) is 1.54. The Morgan fingerprint density at radius 1 is 1.25 bits per heavy atom. The van der Waals surface area contributed by atoms with Crippen LogP contribution in [0.1, 0.15) is 17.7 Å². The number of nitrogens with one attached hydrogen (secondary N) is 2. The molecule has 2 aromatic carbocycles. The number of carbonyl (C=O) groups excluding carboxylic acids is 1. The molecule has 1 aliphatic rings. The molecule has 1 fully saturated rings. The molecule has 7 nitrogen and oxygen atoms in total. The van der Waals surface area contributed by atoms with E-state index < -0.39 is 11.4 Å². The third-order valence-corrected chi connectivity index (χ3v) is 7.37. The molecule has 186 valence electrons. The van der Waals surface area contributed by atoms with Crippen molar-refractivity contribution in [3.05, 3.63) is 69.9 Å². The van der Waals surface area contributed by atoms with Crippen molar-refractivity contribution < 1.29 is 18.7 Å². The van der Waals surface area contributed by atoms with Crippen LogP contribution in [0.5, 0.6) is 11.5 Å². The molecule has 0 radical (unpaired) electrons. The van der Waals surface area contributed by atoms with Gasteiger partial charge in [0.05, 0.1) is 23.3 Å². The first-order valence-corrected chi connectivity index (χ1v) is 12.7. The first kappa shape index (κ1) is 24.4. The van der Waals surface area contributed by atoms with Crippen LogP contribution in [0.4, 0.5) is 15.9 Å². The van der Waals surface area contributed by atoms with Crippen LogP contribution < -0.4 is 20.1 Å². The molecule has 36 heavy (non-hydrogen) atoms. The van der Waals surface area contributed by atoms with Crippen LogP contribution in [-0.4, -0.2) is 41.6 Å². The Bertz CT molecular complexity index is 1390. The van der Waals surface area contributed by atoms with Gasteiger partial charge in [-0.05, 0) is 49.0 Å². The number of carbonyl (C=O) groups is 1. The van der Waals surface area contributed by atoms with Gasteiger partial charge in [-0.2, -0.15) is 0 Å². The van der Waals surface area contributed by atoms with Gasteiger partial charge in [-0.15, -0.1) is 11.3 Å². The number of methoxy groups -OCH3 is 1. The lowest BCUT2D eigenvalue weighted by Crippen LogP contribution is -2.56. The molecule has 5 rings (SSSR count). The van der Waals surface area contributed by atoms with E-state index in [0.717, 1.165) is 17.8 Å². The fourth-order valence-corrected chi connectivity index (χ4v) is 5.21. The number of thiophene rings is 1. The van der Waals surface area contributed by atoms with Crippen molar-refractivity contribution >= 4 is 51.1 Å². The number of Topliss-reactive ketones (excluding diaryl/α,β-unsaturated/α-hetero) is 1. The van der Waals surface area contributed by atoms with Crippen molar-refractivity contribution in [2.24, 2.45) is 0 Å². The van der Waals surface area contributed by atoms with Crippen LogP contribution in [0, 0.1) is 5.82 Å². The monoisotopic (exact) mass is 526 g/mol. The van der Waals surface area contributed by atoms with Crippen molar-refractivity contribution in [3.63, 3.8) is 0 Å². The molecule has 0 unspecified atom stereocenters. The normalized spacial score (nSPS) is 17.6. The number of hydrogen-bond donors (Lipinski definition) is 2. The molecule has 10 heteroatoms. The Balaban J connectivity index is 1.54. The first-order chi connectivity index (χ1) is 17.5. The summed E-state index contributed by atoms with van der Waals surface area (Å²) in [6, 6.07) is 12.0. The summed E-state index contributed by atoms with van der Waals surface area (Å²) in [6.45, 7) is 1.21. The molecule has 4 aromatic rings. The predicted molar refractivity (Wildman–Crippen MR) is 139 cm³/mol. The number of aromatic nitrogens is 2. The Labute approximate surface area is 216 Å². The van der Waals surface area contributed by atoms with Crippen LogP contribution in [0.2, 0.25) is 5.02 Å². The van der Waals surface area contributed by atoms with Crippen LogP contribution in [0.15, 0.2) is 54.2 Å². The Kier molecular flexibility index (Phi) is 7.04. The van der Waals surface area contributed by atoms with Gasteiger partial charge >= 0.3 is 0 Å². The molecule has 3 heterocycles. The van der Waals surface area contributed by atoms with E-state index in [0.29, 0.717) is 47.6 Å². The topological polar surface area (TPSA) is 85.4 Å².